The van der Waals surface area contributed by atoms with Crippen LogP contribution >= 0.6 is 0 Å². The van der Waals surface area contributed by atoms with Crippen LogP contribution in [0.3, 0.4) is 0 Å². The van der Waals surface area contributed by atoms with Crippen molar-refractivity contribution in [1.29, 1.82) is 0 Å². The molecule has 0 aromatic heterocycles. The fourth-order valence-corrected chi connectivity index (χ4v) is 3.12. The van der Waals surface area contributed by atoms with E-state index in [1.54, 1.807) is 18.1 Å². The zero-order valence-electron chi connectivity index (χ0n) is 15.5. The minimum atomic E-state index is -0.334. The van der Waals surface area contributed by atoms with Gasteiger partial charge in [0.25, 0.3) is 0 Å². The van der Waals surface area contributed by atoms with Gasteiger partial charge in [0.2, 0.25) is 0 Å². The number of amides is 1. The summed E-state index contributed by atoms with van der Waals surface area (Å²) in [5.41, 5.74) is 2.03. The lowest BCUT2D eigenvalue weighted by molar-refractivity contribution is 0.0431. The van der Waals surface area contributed by atoms with E-state index in [-0.39, 0.29) is 24.8 Å². The Morgan fingerprint density at radius 2 is 1.81 bits per heavy atom. The molecule has 1 fully saturated rings. The molecular weight excluding hydrogens is 342 g/mol. The molecule has 0 radical (unpaired) electrons. The normalized spacial score (nSPS) is 18.9. The standard InChI is InChI=1S/C22H25NO4/c1-3-19-13-21(26-15-18-9-11-20(25-2)12-10-18)14-23(19)22(24)27-16-17-7-5-4-6-8-17/h3-12,19,21H,1,13-16H2,2H3/t19-,21-/m1/s1. The zero-order chi connectivity index (χ0) is 19.1. The molecule has 2 aromatic carbocycles. The van der Waals surface area contributed by atoms with Crippen LogP contribution < -0.4 is 4.74 Å². The number of benzene rings is 2. The number of carbonyl (C=O) groups excluding carboxylic acids is 1. The molecule has 0 unspecified atom stereocenters. The fraction of sp³-hybridized carbons (Fsp3) is 0.318. The second-order valence-electron chi connectivity index (χ2n) is 6.51. The van der Waals surface area contributed by atoms with Crippen molar-refractivity contribution in [3.63, 3.8) is 0 Å². The van der Waals surface area contributed by atoms with E-state index in [1.807, 2.05) is 54.6 Å². The highest BCUT2D eigenvalue weighted by Crippen LogP contribution is 2.24. The van der Waals surface area contributed by atoms with E-state index in [4.69, 9.17) is 14.2 Å². The van der Waals surface area contributed by atoms with Crippen molar-refractivity contribution >= 4 is 6.09 Å². The van der Waals surface area contributed by atoms with Crippen LogP contribution in [0.15, 0.2) is 67.3 Å². The topological polar surface area (TPSA) is 48.0 Å². The summed E-state index contributed by atoms with van der Waals surface area (Å²) >= 11 is 0. The average molecular weight is 367 g/mol. The molecule has 0 bridgehead atoms. The van der Waals surface area contributed by atoms with E-state index in [9.17, 15) is 4.79 Å². The predicted octanol–water partition coefficient (Wildman–Crippen LogP) is 4.18. The smallest absolute Gasteiger partial charge is 0.410 e. The molecule has 0 aliphatic carbocycles. The molecule has 142 valence electrons. The van der Waals surface area contributed by atoms with Crippen molar-refractivity contribution < 1.29 is 19.0 Å². The maximum atomic E-state index is 12.5. The number of rotatable bonds is 7. The first-order valence-electron chi connectivity index (χ1n) is 9.04. The van der Waals surface area contributed by atoms with Crippen molar-refractivity contribution in [2.45, 2.75) is 31.8 Å². The van der Waals surface area contributed by atoms with Crippen LogP contribution in [0.4, 0.5) is 4.79 Å². The summed E-state index contributed by atoms with van der Waals surface area (Å²) in [6.45, 7) is 5.10. The number of likely N-dealkylation sites (tertiary alicyclic amines) is 1. The Kier molecular flexibility index (Phi) is 6.49. The molecule has 2 aromatic rings. The largest absolute Gasteiger partial charge is 0.497 e. The van der Waals surface area contributed by atoms with Crippen LogP contribution in [0.5, 0.6) is 5.75 Å². The summed E-state index contributed by atoms with van der Waals surface area (Å²) in [4.78, 5) is 14.2. The van der Waals surface area contributed by atoms with Gasteiger partial charge in [-0.2, -0.15) is 0 Å². The van der Waals surface area contributed by atoms with Gasteiger partial charge in [-0.1, -0.05) is 48.5 Å². The van der Waals surface area contributed by atoms with Crippen LogP contribution in [0.2, 0.25) is 0 Å². The molecule has 1 saturated heterocycles. The quantitative estimate of drug-likeness (QED) is 0.689. The number of nitrogens with zero attached hydrogens (tertiary/aromatic N) is 1. The Labute approximate surface area is 160 Å². The minimum absolute atomic E-state index is 0.0422. The van der Waals surface area contributed by atoms with Crippen molar-refractivity contribution in [1.82, 2.24) is 4.90 Å². The van der Waals surface area contributed by atoms with E-state index in [0.717, 1.165) is 23.3 Å². The third-order valence-corrected chi connectivity index (χ3v) is 4.66. The molecule has 1 aliphatic heterocycles. The number of ether oxygens (including phenoxy) is 3. The highest BCUT2D eigenvalue weighted by molar-refractivity contribution is 5.69. The molecule has 0 spiro atoms. The summed E-state index contributed by atoms with van der Waals surface area (Å²) in [7, 11) is 1.64. The van der Waals surface area contributed by atoms with Crippen LogP contribution in [0.25, 0.3) is 0 Å². The maximum Gasteiger partial charge on any atom is 0.410 e. The number of hydrogen-bond donors (Lipinski definition) is 0. The van der Waals surface area contributed by atoms with Gasteiger partial charge in [-0.3, -0.25) is 4.90 Å². The summed E-state index contributed by atoms with van der Waals surface area (Å²) in [6, 6.07) is 17.4. The lowest BCUT2D eigenvalue weighted by Crippen LogP contribution is -2.35. The first kappa shape index (κ1) is 19.0. The highest BCUT2D eigenvalue weighted by Gasteiger charge is 2.35. The van der Waals surface area contributed by atoms with Gasteiger partial charge in [-0.25, -0.2) is 4.79 Å². The van der Waals surface area contributed by atoms with E-state index in [2.05, 4.69) is 6.58 Å². The molecule has 5 heteroatoms. The molecule has 3 rings (SSSR count). The van der Waals surface area contributed by atoms with Gasteiger partial charge in [0, 0.05) is 0 Å². The third-order valence-electron chi connectivity index (χ3n) is 4.66. The Morgan fingerprint density at radius 3 is 2.48 bits per heavy atom. The maximum absolute atomic E-state index is 12.5. The van der Waals surface area contributed by atoms with Crippen molar-refractivity contribution in [2.75, 3.05) is 13.7 Å². The minimum Gasteiger partial charge on any atom is -0.497 e. The summed E-state index contributed by atoms with van der Waals surface area (Å²) in [5.74, 6) is 0.818. The molecule has 1 amide bonds. The number of hydrogen-bond acceptors (Lipinski definition) is 4. The molecule has 2 atom stereocenters. The lowest BCUT2D eigenvalue weighted by Gasteiger charge is -2.21. The lowest BCUT2D eigenvalue weighted by atomic mass is 10.2. The Bertz CT molecular complexity index is 745. The van der Waals surface area contributed by atoms with Gasteiger partial charge in [0.15, 0.2) is 0 Å². The highest BCUT2D eigenvalue weighted by atomic mass is 16.6. The monoisotopic (exact) mass is 367 g/mol. The Morgan fingerprint density at radius 1 is 1.11 bits per heavy atom. The summed E-state index contributed by atoms with van der Waals surface area (Å²) in [6.07, 6.45) is 2.12. The van der Waals surface area contributed by atoms with E-state index < -0.39 is 0 Å². The van der Waals surface area contributed by atoms with Gasteiger partial charge in [-0.05, 0) is 29.7 Å². The first-order valence-corrected chi connectivity index (χ1v) is 9.04. The molecule has 27 heavy (non-hydrogen) atoms. The Hall–Kier alpha value is -2.79. The molecule has 0 N–H and O–H groups in total. The third kappa shape index (κ3) is 5.11. The second kappa shape index (κ2) is 9.24. The predicted molar refractivity (Wildman–Crippen MR) is 104 cm³/mol. The summed E-state index contributed by atoms with van der Waals surface area (Å²) in [5, 5.41) is 0. The van der Waals surface area contributed by atoms with Gasteiger partial charge < -0.3 is 14.2 Å². The van der Waals surface area contributed by atoms with Crippen LogP contribution in [0.1, 0.15) is 17.5 Å². The van der Waals surface area contributed by atoms with Crippen molar-refractivity contribution in [3.8, 4) is 5.75 Å². The van der Waals surface area contributed by atoms with Gasteiger partial charge in [-0.15, -0.1) is 6.58 Å². The van der Waals surface area contributed by atoms with Gasteiger partial charge in [0.05, 0.1) is 32.4 Å². The van der Waals surface area contributed by atoms with Gasteiger partial charge >= 0.3 is 6.09 Å². The molecule has 1 heterocycles. The van der Waals surface area contributed by atoms with Crippen LogP contribution in [-0.2, 0) is 22.7 Å². The number of methoxy groups -OCH3 is 1. The van der Waals surface area contributed by atoms with Crippen molar-refractivity contribution in [3.05, 3.63) is 78.4 Å². The van der Waals surface area contributed by atoms with Crippen LogP contribution in [0, 0.1) is 0 Å². The van der Waals surface area contributed by atoms with Gasteiger partial charge in [0.1, 0.15) is 12.4 Å². The molecule has 0 saturated carbocycles. The van der Waals surface area contributed by atoms with E-state index in [0.29, 0.717) is 13.2 Å². The SMILES string of the molecule is C=C[C@@H]1C[C@@H](OCc2ccc(OC)cc2)CN1C(=O)OCc1ccccc1. The fourth-order valence-electron chi connectivity index (χ4n) is 3.12. The summed E-state index contributed by atoms with van der Waals surface area (Å²) < 4.78 is 16.6. The Balaban J connectivity index is 1.51. The zero-order valence-corrected chi connectivity index (χ0v) is 15.5. The second-order valence-corrected chi connectivity index (χ2v) is 6.51. The van der Waals surface area contributed by atoms with E-state index >= 15 is 0 Å². The molecule has 5 nitrogen and oxygen atoms in total. The first-order chi connectivity index (χ1) is 13.2. The molecule has 1 aliphatic rings. The van der Waals surface area contributed by atoms with E-state index in [1.165, 1.54) is 0 Å². The van der Waals surface area contributed by atoms with Crippen LogP contribution in [-0.4, -0.2) is 36.8 Å². The van der Waals surface area contributed by atoms with Crippen molar-refractivity contribution in [2.24, 2.45) is 0 Å². The molecular formula is C22H25NO4. The average Bonchev–Trinajstić information content (AvgIpc) is 3.15. The number of carbonyl (C=O) groups is 1.